The van der Waals surface area contributed by atoms with E-state index in [9.17, 15) is 4.79 Å². The number of nitrogens with zero attached hydrogens (tertiary/aromatic N) is 2. The molecule has 0 aromatic carbocycles. The van der Waals surface area contributed by atoms with E-state index in [0.717, 1.165) is 10.8 Å². The van der Waals surface area contributed by atoms with Crippen molar-refractivity contribution in [3.63, 3.8) is 0 Å². The first-order chi connectivity index (χ1) is 9.78. The fourth-order valence-electron chi connectivity index (χ4n) is 17.5. The van der Waals surface area contributed by atoms with Crippen molar-refractivity contribution in [2.75, 3.05) is 5.73 Å². The van der Waals surface area contributed by atoms with E-state index >= 15 is 0 Å². The van der Waals surface area contributed by atoms with Gasteiger partial charge in [-0.2, -0.15) is 0 Å². The quantitative estimate of drug-likeness (QED) is 0.788. The molecule has 0 radical (unpaired) electrons. The maximum absolute atomic E-state index is 12.2. The van der Waals surface area contributed by atoms with Gasteiger partial charge < -0.3 is 5.73 Å². The van der Waals surface area contributed by atoms with Crippen molar-refractivity contribution in [2.45, 2.75) is 61.5 Å². The van der Waals surface area contributed by atoms with Crippen LogP contribution in [0.15, 0.2) is 0 Å². The van der Waals surface area contributed by atoms with Gasteiger partial charge >= 0.3 is 71.7 Å². The molecule has 11 heterocycles. The fraction of sp³-hybridized carbons (Fsp3) is 0.800. The third-order valence-corrected chi connectivity index (χ3v) is 58.9. The predicted octanol–water partition coefficient (Wildman–Crippen LogP) is 3.76. The Bertz CT molecular complexity index is 1140. The third kappa shape index (κ3) is 0.116. The van der Waals surface area contributed by atoms with Crippen LogP contribution < -0.4 is 5.73 Å². The topological polar surface area (TPSA) is 68.9 Å². The zero-order valence-electron chi connectivity index (χ0n) is 11.8. The number of Topliss-reactive ketones (excluding diaryl/α,β-unsaturated/α-hetero) is 1. The van der Waals surface area contributed by atoms with Crippen LogP contribution in [0.1, 0.15) is 11.9 Å². The van der Waals surface area contributed by atoms with Gasteiger partial charge in [0.25, 0.3) is 0 Å². The minimum absolute atomic E-state index is 0.539. The van der Waals surface area contributed by atoms with Crippen molar-refractivity contribution >= 4 is 22.3 Å². The first kappa shape index (κ1) is 8.99. The summed E-state index contributed by atoms with van der Waals surface area (Å²) >= 11 is 1.40. The van der Waals surface area contributed by atoms with Crippen molar-refractivity contribution in [3.8, 4) is 0 Å². The Balaban J connectivity index is 0.000000103. The number of hydrogen-bond donors (Lipinski definition) is 1. The molecule has 10 fully saturated rings. The van der Waals surface area contributed by atoms with Crippen LogP contribution in [-0.4, -0.2) is 16.0 Å². The molecule has 4 nitrogen and oxygen atoms in total. The summed E-state index contributed by atoms with van der Waals surface area (Å²) in [7, 11) is 0. The largest absolute Gasteiger partial charge is 0.374 e. The minimum Gasteiger partial charge on any atom is -0.374 e. The molecule has 0 bridgehead atoms. The van der Waals surface area contributed by atoms with Crippen molar-refractivity contribution in [3.05, 3.63) is 5.01 Å². The molecule has 1 aromatic rings. The summed E-state index contributed by atoms with van der Waals surface area (Å²) in [5.41, 5.74) is 5.22. The number of nitrogen functional groups attached to an aromatic ring is 1. The first-order valence-corrected chi connectivity index (χ1v) is 15.2. The number of carbonyl (C=O) groups is 1. The Kier molecular flexibility index (Phi) is 0.359. The standard InChI is InChI=1S/C7H7O.C5H5.C3H5N3S.Fe/c1-6(8)7-4-2-3-5-7;1-2-4-5-3-1;1-2-5-6-3(4)7-2;/h2-5H,1H3;1-5H;1H3,(H2,4,6);. The number of fused-ring (bicyclic) bond motifs is 10. The molecule has 112 valence electrons. The van der Waals surface area contributed by atoms with Crippen molar-refractivity contribution in [1.29, 1.82) is 0 Å². The maximum Gasteiger partial charge on any atom is 0.203 e. The molecule has 0 saturated carbocycles. The Morgan fingerprint density at radius 1 is 1.10 bits per heavy atom. The van der Waals surface area contributed by atoms with Gasteiger partial charge in [-0.05, 0) is 6.92 Å². The van der Waals surface area contributed by atoms with Crippen LogP contribution in [-0.2, 0) is 11.3 Å². The van der Waals surface area contributed by atoms with E-state index in [1.165, 1.54) is 54.7 Å². The smallest absolute Gasteiger partial charge is 0.203 e. The number of anilines is 1. The summed E-state index contributed by atoms with van der Waals surface area (Å²) in [6.07, 6.45) is 0. The SMILES string of the molecule is CC(=O)[C]12[CH]3[CH]4[CH]5[CH]1[Fe]45321678[CH]2[CH]1[CH]6[CH]7[CH]28.Cc1nnc(N)s1. The predicted molar refractivity (Wildman–Crippen MR) is 76.2 cm³/mol. The Morgan fingerprint density at radius 2 is 1.62 bits per heavy atom. The van der Waals surface area contributed by atoms with Gasteiger partial charge in [-0.25, -0.2) is 0 Å². The Morgan fingerprint density at radius 3 is 1.71 bits per heavy atom. The first-order valence-electron chi connectivity index (χ1n) is 8.06. The molecule has 1 spiro atoms. The summed E-state index contributed by atoms with van der Waals surface area (Å²) in [6, 6.07) is 0. The number of aryl methyl sites for hydroxylation is 1. The van der Waals surface area contributed by atoms with Crippen LogP contribution in [0, 0.1) is 6.92 Å². The molecule has 4 unspecified atom stereocenters. The van der Waals surface area contributed by atoms with Gasteiger partial charge in [0, 0.05) is 0 Å². The molecular formula is C15H17FeN3OS. The van der Waals surface area contributed by atoms with E-state index < -0.39 is 6.51 Å². The summed E-state index contributed by atoms with van der Waals surface area (Å²) < 4.78 is 0.555. The van der Waals surface area contributed by atoms with Crippen LogP contribution in [0.5, 0.6) is 0 Å². The van der Waals surface area contributed by atoms with Gasteiger partial charge in [0.1, 0.15) is 5.01 Å². The summed E-state index contributed by atoms with van der Waals surface area (Å²) in [5, 5.41) is 8.68. The second-order valence-corrected chi connectivity index (χ2v) is 36.2. The zero-order valence-corrected chi connectivity index (χ0v) is 13.8. The van der Waals surface area contributed by atoms with Crippen LogP contribution in [0.25, 0.3) is 0 Å². The van der Waals surface area contributed by atoms with Gasteiger partial charge in [0.15, 0.2) is 0 Å². The normalized spacial score (nSPS) is 97.7. The van der Waals surface area contributed by atoms with Crippen molar-refractivity contribution in [2.24, 2.45) is 0 Å². The van der Waals surface area contributed by atoms with Gasteiger partial charge in [0.05, 0.1) is 0 Å². The molecule has 4 atom stereocenters. The number of rotatable bonds is 1. The van der Waals surface area contributed by atoms with Crippen LogP contribution in [0.4, 0.5) is 5.13 Å². The summed E-state index contributed by atoms with van der Waals surface area (Å²) in [5.74, 6) is 0.726. The number of carbonyl (C=O) groups excluding carboxylic acids is 1. The van der Waals surface area contributed by atoms with E-state index in [0.29, 0.717) is 9.44 Å². The van der Waals surface area contributed by atoms with Gasteiger partial charge in [-0.3, -0.25) is 0 Å². The second-order valence-electron chi connectivity index (χ2n) is 11.4. The fourth-order valence-corrected chi connectivity index (χ4v) is 92.5. The van der Waals surface area contributed by atoms with Gasteiger partial charge in [-0.1, -0.05) is 11.3 Å². The number of aromatic nitrogens is 2. The molecule has 1 aromatic heterocycles. The van der Waals surface area contributed by atoms with E-state index in [1.54, 1.807) is 0 Å². The molecule has 2 N–H and O–H groups in total. The molecule has 6 heteroatoms. The molecule has 11 rings (SSSR count). The molecule has 10 saturated heterocycles. The van der Waals surface area contributed by atoms with Crippen molar-refractivity contribution < 1.29 is 11.3 Å². The Labute approximate surface area is 116 Å². The summed E-state index contributed by atoms with van der Waals surface area (Å²) in [6.45, 7) is 0.917. The van der Waals surface area contributed by atoms with Gasteiger partial charge in [-0.15, -0.1) is 10.2 Å². The van der Waals surface area contributed by atoms with Crippen LogP contribution in [0.3, 0.4) is 0 Å². The molecule has 10 aliphatic heterocycles. The maximum atomic E-state index is 12.2. The monoisotopic (exact) mass is 343 g/mol. The average Bonchev–Trinajstić information content (AvgIpc) is 3.35. The zero-order chi connectivity index (χ0) is 13.9. The molecule has 10 aliphatic rings. The van der Waals surface area contributed by atoms with Crippen molar-refractivity contribution in [1.82, 2.24) is 10.2 Å². The summed E-state index contributed by atoms with van der Waals surface area (Å²) in [4.78, 5) is 23.9. The van der Waals surface area contributed by atoms with E-state index in [1.807, 2.05) is 13.8 Å². The van der Waals surface area contributed by atoms with Crippen LogP contribution in [0.2, 0.25) is 47.7 Å². The van der Waals surface area contributed by atoms with Crippen LogP contribution >= 0.6 is 11.3 Å². The number of ketones is 1. The number of hydrogen-bond acceptors (Lipinski definition) is 5. The Hall–Kier alpha value is -0.451. The van der Waals surface area contributed by atoms with E-state index in [2.05, 4.69) is 10.2 Å². The van der Waals surface area contributed by atoms with E-state index in [4.69, 9.17) is 5.73 Å². The molecule has 0 aliphatic carbocycles. The molecule has 21 heavy (non-hydrogen) atoms. The minimum atomic E-state index is -2.94. The molecular weight excluding hydrogens is 326 g/mol. The number of nitrogens with two attached hydrogens (primary N) is 1. The average molecular weight is 343 g/mol. The second kappa shape index (κ2) is 0.839. The third-order valence-electron chi connectivity index (χ3n) is 15.8. The molecule has 0 amide bonds. The van der Waals surface area contributed by atoms with E-state index in [-0.39, 0.29) is 0 Å². The van der Waals surface area contributed by atoms with Gasteiger partial charge in [0.2, 0.25) is 5.13 Å².